The van der Waals surface area contributed by atoms with Crippen LogP contribution in [0.3, 0.4) is 0 Å². The van der Waals surface area contributed by atoms with E-state index in [9.17, 15) is 0 Å². The molecular formula is C15H24BrNO. The van der Waals surface area contributed by atoms with Crippen LogP contribution in [0.5, 0.6) is 5.75 Å². The highest BCUT2D eigenvalue weighted by Crippen LogP contribution is 2.37. The summed E-state index contributed by atoms with van der Waals surface area (Å²) in [5.74, 6) is 1.56. The number of nitrogens with two attached hydrogens (primary N) is 1. The Morgan fingerprint density at radius 1 is 1.39 bits per heavy atom. The van der Waals surface area contributed by atoms with Gasteiger partial charge in [0.05, 0.1) is 7.11 Å². The third-order valence-electron chi connectivity index (χ3n) is 3.64. The Morgan fingerprint density at radius 2 is 2.00 bits per heavy atom. The predicted octanol–water partition coefficient (Wildman–Crippen LogP) is 4.51. The van der Waals surface area contributed by atoms with Gasteiger partial charge in [0.15, 0.2) is 0 Å². The average molecular weight is 314 g/mol. The van der Waals surface area contributed by atoms with Gasteiger partial charge in [-0.2, -0.15) is 0 Å². The van der Waals surface area contributed by atoms with E-state index < -0.39 is 0 Å². The summed E-state index contributed by atoms with van der Waals surface area (Å²) in [7, 11) is 1.72. The SMILES string of the molecule is CCC(C)CC(N)c1c(C)c(Br)cc(C)c1OC. The first-order chi connectivity index (χ1) is 8.42. The summed E-state index contributed by atoms with van der Waals surface area (Å²) in [6, 6.07) is 2.12. The van der Waals surface area contributed by atoms with Crippen LogP contribution in [0.4, 0.5) is 0 Å². The molecule has 0 saturated heterocycles. The zero-order valence-corrected chi connectivity index (χ0v) is 13.6. The van der Waals surface area contributed by atoms with Gasteiger partial charge in [0.1, 0.15) is 5.75 Å². The van der Waals surface area contributed by atoms with E-state index in [0.29, 0.717) is 5.92 Å². The van der Waals surface area contributed by atoms with E-state index in [2.05, 4.69) is 49.7 Å². The first-order valence-electron chi connectivity index (χ1n) is 6.51. The molecule has 0 amide bonds. The largest absolute Gasteiger partial charge is 0.496 e. The summed E-state index contributed by atoms with van der Waals surface area (Å²) < 4.78 is 6.65. The molecule has 0 saturated carbocycles. The lowest BCUT2D eigenvalue weighted by Crippen LogP contribution is -2.17. The standard InChI is InChI=1S/C15H24BrNO/c1-6-9(2)7-13(17)14-11(4)12(16)8-10(3)15(14)18-5/h8-9,13H,6-7,17H2,1-5H3. The van der Waals surface area contributed by atoms with Gasteiger partial charge in [-0.3, -0.25) is 0 Å². The molecule has 18 heavy (non-hydrogen) atoms. The Hall–Kier alpha value is -0.540. The minimum atomic E-state index is 0.0334. The maximum Gasteiger partial charge on any atom is 0.126 e. The molecule has 0 fully saturated rings. The lowest BCUT2D eigenvalue weighted by atomic mass is 9.90. The van der Waals surface area contributed by atoms with Gasteiger partial charge in [-0.25, -0.2) is 0 Å². The van der Waals surface area contributed by atoms with Crippen molar-refractivity contribution < 1.29 is 4.74 Å². The van der Waals surface area contributed by atoms with E-state index in [1.165, 1.54) is 5.56 Å². The van der Waals surface area contributed by atoms with Crippen molar-refractivity contribution in [2.45, 2.75) is 46.6 Å². The van der Waals surface area contributed by atoms with Crippen molar-refractivity contribution in [3.8, 4) is 5.75 Å². The second kappa shape index (κ2) is 6.58. The molecule has 0 radical (unpaired) electrons. The molecule has 0 aliphatic rings. The molecule has 1 aromatic carbocycles. The van der Waals surface area contributed by atoms with Gasteiger partial charge in [-0.05, 0) is 43.4 Å². The maximum atomic E-state index is 6.39. The third kappa shape index (κ3) is 3.27. The van der Waals surface area contributed by atoms with Gasteiger partial charge in [-0.1, -0.05) is 36.2 Å². The fourth-order valence-electron chi connectivity index (χ4n) is 2.31. The number of ether oxygens (including phenoxy) is 1. The minimum Gasteiger partial charge on any atom is -0.496 e. The van der Waals surface area contributed by atoms with Crippen LogP contribution >= 0.6 is 15.9 Å². The molecule has 0 aromatic heterocycles. The zero-order chi connectivity index (χ0) is 13.9. The molecule has 102 valence electrons. The maximum absolute atomic E-state index is 6.39. The fourth-order valence-corrected chi connectivity index (χ4v) is 2.87. The van der Waals surface area contributed by atoms with Gasteiger partial charge in [0, 0.05) is 16.1 Å². The Kier molecular flexibility index (Phi) is 5.67. The molecule has 2 unspecified atom stereocenters. The molecular weight excluding hydrogens is 290 g/mol. The van der Waals surface area contributed by atoms with Crippen LogP contribution in [-0.2, 0) is 0 Å². The number of rotatable bonds is 5. The highest BCUT2D eigenvalue weighted by molar-refractivity contribution is 9.10. The lowest BCUT2D eigenvalue weighted by Gasteiger charge is -2.23. The first kappa shape index (κ1) is 15.5. The summed E-state index contributed by atoms with van der Waals surface area (Å²) in [6.45, 7) is 8.60. The summed E-state index contributed by atoms with van der Waals surface area (Å²) >= 11 is 3.60. The molecule has 0 spiro atoms. The predicted molar refractivity (Wildman–Crippen MR) is 81.2 cm³/mol. The van der Waals surface area contributed by atoms with Crippen LogP contribution < -0.4 is 10.5 Å². The van der Waals surface area contributed by atoms with E-state index in [4.69, 9.17) is 10.5 Å². The number of halogens is 1. The van der Waals surface area contributed by atoms with Gasteiger partial charge in [0.2, 0.25) is 0 Å². The molecule has 0 aliphatic carbocycles. The van der Waals surface area contributed by atoms with Crippen molar-refractivity contribution in [1.82, 2.24) is 0 Å². The number of aryl methyl sites for hydroxylation is 1. The minimum absolute atomic E-state index is 0.0334. The van der Waals surface area contributed by atoms with E-state index >= 15 is 0 Å². The van der Waals surface area contributed by atoms with Crippen molar-refractivity contribution in [1.29, 1.82) is 0 Å². The molecule has 1 rings (SSSR count). The molecule has 2 nitrogen and oxygen atoms in total. The average Bonchev–Trinajstić information content (AvgIpc) is 2.32. The van der Waals surface area contributed by atoms with Crippen LogP contribution in [0.25, 0.3) is 0 Å². The highest BCUT2D eigenvalue weighted by Gasteiger charge is 2.20. The lowest BCUT2D eigenvalue weighted by molar-refractivity contribution is 0.391. The van der Waals surface area contributed by atoms with E-state index in [1.54, 1.807) is 7.11 Å². The summed E-state index contributed by atoms with van der Waals surface area (Å²) in [6.07, 6.45) is 2.14. The molecule has 0 aliphatic heterocycles. The van der Waals surface area contributed by atoms with E-state index in [1.807, 2.05) is 0 Å². The van der Waals surface area contributed by atoms with Crippen molar-refractivity contribution in [2.75, 3.05) is 7.11 Å². The van der Waals surface area contributed by atoms with Crippen molar-refractivity contribution >= 4 is 15.9 Å². The quantitative estimate of drug-likeness (QED) is 0.868. The van der Waals surface area contributed by atoms with Gasteiger partial charge in [0.25, 0.3) is 0 Å². The zero-order valence-electron chi connectivity index (χ0n) is 12.0. The van der Waals surface area contributed by atoms with Crippen LogP contribution in [-0.4, -0.2) is 7.11 Å². The van der Waals surface area contributed by atoms with Crippen molar-refractivity contribution in [3.63, 3.8) is 0 Å². The Labute approximate surface area is 119 Å². The summed E-state index contributed by atoms with van der Waals surface area (Å²) in [4.78, 5) is 0. The Morgan fingerprint density at radius 3 is 2.50 bits per heavy atom. The molecule has 0 heterocycles. The number of hydrogen-bond donors (Lipinski definition) is 1. The Balaban J connectivity index is 3.20. The molecule has 0 bridgehead atoms. The topological polar surface area (TPSA) is 35.2 Å². The third-order valence-corrected chi connectivity index (χ3v) is 4.46. The second-order valence-corrected chi connectivity index (χ2v) is 5.96. The molecule has 3 heteroatoms. The highest BCUT2D eigenvalue weighted by atomic mass is 79.9. The van der Waals surface area contributed by atoms with E-state index in [-0.39, 0.29) is 6.04 Å². The Bertz CT molecular complexity index is 417. The second-order valence-electron chi connectivity index (χ2n) is 5.10. The molecule has 1 aromatic rings. The fraction of sp³-hybridized carbons (Fsp3) is 0.600. The van der Waals surface area contributed by atoms with E-state index in [0.717, 1.165) is 34.2 Å². The van der Waals surface area contributed by atoms with Gasteiger partial charge in [-0.15, -0.1) is 0 Å². The number of methoxy groups -OCH3 is 1. The van der Waals surface area contributed by atoms with Crippen molar-refractivity contribution in [3.05, 3.63) is 27.2 Å². The van der Waals surface area contributed by atoms with Gasteiger partial charge < -0.3 is 10.5 Å². The van der Waals surface area contributed by atoms with Crippen LogP contribution in [0.2, 0.25) is 0 Å². The number of benzene rings is 1. The van der Waals surface area contributed by atoms with Crippen LogP contribution in [0.1, 0.15) is 49.4 Å². The summed E-state index contributed by atoms with van der Waals surface area (Å²) in [5, 5.41) is 0. The van der Waals surface area contributed by atoms with Crippen LogP contribution in [0.15, 0.2) is 10.5 Å². The smallest absolute Gasteiger partial charge is 0.126 e. The van der Waals surface area contributed by atoms with Crippen molar-refractivity contribution in [2.24, 2.45) is 11.7 Å². The molecule has 2 N–H and O–H groups in total. The van der Waals surface area contributed by atoms with Crippen LogP contribution in [0, 0.1) is 19.8 Å². The first-order valence-corrected chi connectivity index (χ1v) is 7.30. The van der Waals surface area contributed by atoms with Gasteiger partial charge >= 0.3 is 0 Å². The summed E-state index contributed by atoms with van der Waals surface area (Å²) in [5.41, 5.74) is 9.85. The monoisotopic (exact) mass is 313 g/mol. The number of hydrogen-bond acceptors (Lipinski definition) is 2. The molecule has 2 atom stereocenters. The normalized spacial score (nSPS) is 14.4.